The molecule has 0 aliphatic heterocycles. The van der Waals surface area contributed by atoms with E-state index >= 15 is 0 Å². The van der Waals surface area contributed by atoms with E-state index in [2.05, 4.69) is 0 Å². The summed E-state index contributed by atoms with van der Waals surface area (Å²) >= 11 is 0. The zero-order chi connectivity index (χ0) is 15.1. The fourth-order valence-corrected chi connectivity index (χ4v) is 1.35. The molecule has 0 fully saturated rings. The Bertz CT molecular complexity index is 431. The molecule has 0 radical (unpaired) electrons. The Labute approximate surface area is 116 Å². The van der Waals surface area contributed by atoms with Gasteiger partial charge in [-0.1, -0.05) is 6.07 Å². The van der Waals surface area contributed by atoms with Crippen molar-refractivity contribution in [1.29, 1.82) is 0 Å². The molecule has 6 heteroatoms. The highest BCUT2D eigenvalue weighted by Gasteiger charge is 2.16. The second-order valence-electron chi connectivity index (χ2n) is 4.38. The number of ether oxygens (including phenoxy) is 2. The number of hydrogen-bond acceptors (Lipinski definition) is 6. The third-order valence-electron chi connectivity index (χ3n) is 2.46. The summed E-state index contributed by atoms with van der Waals surface area (Å²) in [4.78, 5) is 23.5. The van der Waals surface area contributed by atoms with Crippen LogP contribution in [0.15, 0.2) is 24.3 Å². The zero-order valence-corrected chi connectivity index (χ0v) is 11.4. The standard InChI is InChI=1S/C14H18O6/c1-9(7-15)19-13(17)11-4-3-5-12(6-11)14(18)20-10(2)8-16/h3-6,9-10,15-16H,7-8H2,1-2H3. The highest BCUT2D eigenvalue weighted by atomic mass is 16.6. The summed E-state index contributed by atoms with van der Waals surface area (Å²) in [6.45, 7) is 2.56. The number of hydrogen-bond donors (Lipinski definition) is 2. The van der Waals surface area contributed by atoms with Crippen LogP contribution in [0.1, 0.15) is 34.6 Å². The van der Waals surface area contributed by atoms with Gasteiger partial charge in [0.15, 0.2) is 0 Å². The fraction of sp³-hybridized carbons (Fsp3) is 0.429. The highest BCUT2D eigenvalue weighted by Crippen LogP contribution is 2.10. The van der Waals surface area contributed by atoms with Crippen molar-refractivity contribution in [3.05, 3.63) is 35.4 Å². The van der Waals surface area contributed by atoms with Gasteiger partial charge in [-0.25, -0.2) is 9.59 Å². The molecule has 0 spiro atoms. The number of aliphatic hydroxyl groups excluding tert-OH is 2. The minimum Gasteiger partial charge on any atom is -0.457 e. The first-order chi connectivity index (χ1) is 9.47. The minimum atomic E-state index is -0.628. The fourth-order valence-electron chi connectivity index (χ4n) is 1.35. The molecule has 6 nitrogen and oxygen atoms in total. The van der Waals surface area contributed by atoms with Crippen molar-refractivity contribution in [3.63, 3.8) is 0 Å². The van der Waals surface area contributed by atoms with Crippen molar-refractivity contribution < 1.29 is 29.3 Å². The summed E-state index contributed by atoms with van der Waals surface area (Å²) < 4.78 is 9.88. The summed E-state index contributed by atoms with van der Waals surface area (Å²) in [5.41, 5.74) is 0.382. The van der Waals surface area contributed by atoms with Gasteiger partial charge in [-0.05, 0) is 32.0 Å². The Kier molecular flexibility index (Phi) is 6.14. The third-order valence-corrected chi connectivity index (χ3v) is 2.46. The van der Waals surface area contributed by atoms with Crippen molar-refractivity contribution in [3.8, 4) is 0 Å². The molecule has 0 heterocycles. The summed E-state index contributed by atoms with van der Waals surface area (Å²) in [7, 11) is 0. The summed E-state index contributed by atoms with van der Waals surface area (Å²) in [5, 5.41) is 17.6. The predicted octanol–water partition coefficient (Wildman–Crippen LogP) is 0.762. The number of aliphatic hydroxyl groups is 2. The number of benzene rings is 1. The highest BCUT2D eigenvalue weighted by molar-refractivity contribution is 5.95. The van der Waals surface area contributed by atoms with Crippen LogP contribution >= 0.6 is 0 Å². The molecule has 2 unspecified atom stereocenters. The monoisotopic (exact) mass is 282 g/mol. The van der Waals surface area contributed by atoms with Gasteiger partial charge in [0.05, 0.1) is 24.3 Å². The van der Waals surface area contributed by atoms with Crippen LogP contribution in [0, 0.1) is 0 Å². The van der Waals surface area contributed by atoms with E-state index in [-0.39, 0.29) is 24.3 Å². The summed E-state index contributed by atoms with van der Waals surface area (Å²) in [6.07, 6.45) is -1.24. The lowest BCUT2D eigenvalue weighted by molar-refractivity contribution is 0.0193. The molecule has 1 aromatic rings. The molecule has 0 saturated heterocycles. The number of carbonyl (C=O) groups excluding carboxylic acids is 2. The molecule has 1 aromatic carbocycles. The van der Waals surface area contributed by atoms with Crippen LogP contribution in [-0.2, 0) is 9.47 Å². The van der Waals surface area contributed by atoms with Crippen molar-refractivity contribution in [1.82, 2.24) is 0 Å². The molecule has 1 rings (SSSR count). The maximum Gasteiger partial charge on any atom is 0.338 e. The molecule has 2 N–H and O–H groups in total. The van der Waals surface area contributed by atoms with Gasteiger partial charge < -0.3 is 19.7 Å². The largest absolute Gasteiger partial charge is 0.457 e. The van der Waals surface area contributed by atoms with Gasteiger partial charge in [0.2, 0.25) is 0 Å². The van der Waals surface area contributed by atoms with E-state index in [4.69, 9.17) is 19.7 Å². The molecule has 110 valence electrons. The number of carbonyl (C=O) groups is 2. The third kappa shape index (κ3) is 4.64. The Hall–Kier alpha value is -1.92. The van der Waals surface area contributed by atoms with Gasteiger partial charge in [-0.2, -0.15) is 0 Å². The molecule has 2 atom stereocenters. The normalized spacial score (nSPS) is 13.4. The van der Waals surface area contributed by atoms with E-state index in [9.17, 15) is 9.59 Å². The van der Waals surface area contributed by atoms with Crippen molar-refractivity contribution in [2.45, 2.75) is 26.1 Å². The Balaban J connectivity index is 2.80. The predicted molar refractivity (Wildman–Crippen MR) is 70.4 cm³/mol. The van der Waals surface area contributed by atoms with Crippen LogP contribution in [0.3, 0.4) is 0 Å². The maximum absolute atomic E-state index is 11.7. The molecule has 20 heavy (non-hydrogen) atoms. The molecule has 0 bridgehead atoms. The van der Waals surface area contributed by atoms with Gasteiger partial charge in [-0.15, -0.1) is 0 Å². The van der Waals surface area contributed by atoms with E-state index in [1.807, 2.05) is 0 Å². The second kappa shape index (κ2) is 7.62. The van der Waals surface area contributed by atoms with Crippen LogP contribution in [0.5, 0.6) is 0 Å². The van der Waals surface area contributed by atoms with Crippen LogP contribution in [0.2, 0.25) is 0 Å². The minimum absolute atomic E-state index is 0.191. The SMILES string of the molecule is CC(CO)OC(=O)c1cccc(C(=O)OC(C)CO)c1. The van der Waals surface area contributed by atoms with E-state index in [0.29, 0.717) is 0 Å². The van der Waals surface area contributed by atoms with E-state index in [0.717, 1.165) is 0 Å². The molecule has 0 amide bonds. The topological polar surface area (TPSA) is 93.1 Å². The van der Waals surface area contributed by atoms with E-state index in [1.54, 1.807) is 13.8 Å². The lowest BCUT2D eigenvalue weighted by Crippen LogP contribution is -2.20. The van der Waals surface area contributed by atoms with Crippen molar-refractivity contribution in [2.75, 3.05) is 13.2 Å². The molecule has 0 aromatic heterocycles. The van der Waals surface area contributed by atoms with E-state index < -0.39 is 24.1 Å². The molecular weight excluding hydrogens is 264 g/mol. The van der Waals surface area contributed by atoms with Crippen LogP contribution in [-0.4, -0.2) is 47.6 Å². The van der Waals surface area contributed by atoms with Gasteiger partial charge in [0.25, 0.3) is 0 Å². The number of rotatable bonds is 6. The molecule has 0 aliphatic carbocycles. The first-order valence-electron chi connectivity index (χ1n) is 6.21. The smallest absolute Gasteiger partial charge is 0.338 e. The summed E-state index contributed by atoms with van der Waals surface area (Å²) in [6, 6.07) is 5.87. The summed E-state index contributed by atoms with van der Waals surface area (Å²) in [5.74, 6) is -1.26. The van der Waals surface area contributed by atoms with Gasteiger partial charge >= 0.3 is 11.9 Å². The Morgan fingerprint density at radius 1 is 1.00 bits per heavy atom. The average Bonchev–Trinajstić information content (AvgIpc) is 2.46. The first kappa shape index (κ1) is 16.1. The van der Waals surface area contributed by atoms with Crippen molar-refractivity contribution >= 4 is 11.9 Å². The van der Waals surface area contributed by atoms with E-state index in [1.165, 1.54) is 24.3 Å². The molecular formula is C14H18O6. The van der Waals surface area contributed by atoms with Crippen LogP contribution in [0.25, 0.3) is 0 Å². The van der Waals surface area contributed by atoms with Crippen molar-refractivity contribution in [2.24, 2.45) is 0 Å². The second-order valence-corrected chi connectivity index (χ2v) is 4.38. The maximum atomic E-state index is 11.7. The quantitative estimate of drug-likeness (QED) is 0.748. The lowest BCUT2D eigenvalue weighted by atomic mass is 10.1. The zero-order valence-electron chi connectivity index (χ0n) is 11.4. The lowest BCUT2D eigenvalue weighted by Gasteiger charge is -2.12. The number of esters is 2. The molecule has 0 saturated carbocycles. The first-order valence-corrected chi connectivity index (χ1v) is 6.21. The van der Waals surface area contributed by atoms with Crippen LogP contribution in [0.4, 0.5) is 0 Å². The van der Waals surface area contributed by atoms with Gasteiger partial charge in [-0.3, -0.25) is 0 Å². The Morgan fingerprint density at radius 3 is 1.75 bits per heavy atom. The van der Waals surface area contributed by atoms with Gasteiger partial charge in [0, 0.05) is 0 Å². The van der Waals surface area contributed by atoms with Crippen LogP contribution < -0.4 is 0 Å². The molecule has 0 aliphatic rings. The van der Waals surface area contributed by atoms with Gasteiger partial charge in [0.1, 0.15) is 12.2 Å². The Morgan fingerprint density at radius 2 is 1.40 bits per heavy atom. The average molecular weight is 282 g/mol.